The molecule has 0 saturated heterocycles. The number of carbonyl (C=O) groups excluding carboxylic acids is 1. The van der Waals surface area contributed by atoms with Gasteiger partial charge in [-0.15, -0.1) is 10.2 Å². The molecule has 1 fully saturated rings. The Bertz CT molecular complexity index is 438. The van der Waals surface area contributed by atoms with Crippen molar-refractivity contribution < 1.29 is 9.90 Å². The monoisotopic (exact) mass is 264 g/mol. The fraction of sp³-hybridized carbons (Fsp3) is 0.615. The van der Waals surface area contributed by atoms with Gasteiger partial charge in [-0.3, -0.25) is 4.79 Å². The lowest BCUT2D eigenvalue weighted by atomic mass is 9.79. The largest absolute Gasteiger partial charge is 0.388 e. The van der Waals surface area contributed by atoms with Crippen LogP contribution in [0.25, 0.3) is 0 Å². The number of aliphatic hydroxyl groups is 1. The Hall–Kier alpha value is -1.69. The standard InChI is InChI=1S/C13H20N4O2/c1-9-4-6-13(19,7-5-9)8-15-11-3-2-10(12(14)18)16-17-11/h2-3,9,19H,4-8H2,1H3,(H2,14,18)(H,15,17). The van der Waals surface area contributed by atoms with E-state index in [1.54, 1.807) is 6.07 Å². The SMILES string of the molecule is CC1CCC(O)(CNc2ccc(C(N)=O)nn2)CC1. The van der Waals surface area contributed by atoms with Crippen LogP contribution in [-0.2, 0) is 0 Å². The zero-order valence-corrected chi connectivity index (χ0v) is 11.1. The van der Waals surface area contributed by atoms with Crippen molar-refractivity contribution in [3.05, 3.63) is 17.8 Å². The molecule has 6 nitrogen and oxygen atoms in total. The number of rotatable bonds is 4. The molecule has 1 aromatic heterocycles. The first-order valence-electron chi connectivity index (χ1n) is 6.58. The van der Waals surface area contributed by atoms with Crippen LogP contribution >= 0.6 is 0 Å². The van der Waals surface area contributed by atoms with Crippen molar-refractivity contribution in [2.75, 3.05) is 11.9 Å². The summed E-state index contributed by atoms with van der Waals surface area (Å²) < 4.78 is 0. The lowest BCUT2D eigenvalue weighted by molar-refractivity contribution is 0.00493. The highest BCUT2D eigenvalue weighted by molar-refractivity contribution is 5.90. The highest BCUT2D eigenvalue weighted by Crippen LogP contribution is 2.31. The average molecular weight is 264 g/mol. The van der Waals surface area contributed by atoms with Crippen LogP contribution < -0.4 is 11.1 Å². The maximum atomic E-state index is 10.9. The molecule has 0 aliphatic heterocycles. The molecule has 104 valence electrons. The molecule has 0 radical (unpaired) electrons. The Morgan fingerprint density at radius 1 is 1.47 bits per heavy atom. The van der Waals surface area contributed by atoms with E-state index in [0.717, 1.165) is 25.7 Å². The Labute approximate surface area is 112 Å². The van der Waals surface area contributed by atoms with Crippen molar-refractivity contribution in [1.29, 1.82) is 0 Å². The molecule has 4 N–H and O–H groups in total. The average Bonchev–Trinajstić information content (AvgIpc) is 2.41. The third-order valence-electron chi connectivity index (χ3n) is 3.72. The lowest BCUT2D eigenvalue weighted by Crippen LogP contribution is -2.40. The molecule has 2 rings (SSSR count). The summed E-state index contributed by atoms with van der Waals surface area (Å²) in [7, 11) is 0. The van der Waals surface area contributed by atoms with Gasteiger partial charge in [0.15, 0.2) is 5.69 Å². The van der Waals surface area contributed by atoms with Crippen molar-refractivity contribution in [3.63, 3.8) is 0 Å². The van der Waals surface area contributed by atoms with Crippen molar-refractivity contribution in [1.82, 2.24) is 10.2 Å². The minimum absolute atomic E-state index is 0.135. The maximum absolute atomic E-state index is 10.9. The van der Waals surface area contributed by atoms with Gasteiger partial charge >= 0.3 is 0 Å². The number of anilines is 1. The zero-order valence-electron chi connectivity index (χ0n) is 11.1. The van der Waals surface area contributed by atoms with E-state index >= 15 is 0 Å². The Morgan fingerprint density at radius 3 is 2.68 bits per heavy atom. The van der Waals surface area contributed by atoms with Gasteiger partial charge in [0.25, 0.3) is 5.91 Å². The first-order chi connectivity index (χ1) is 8.98. The highest BCUT2D eigenvalue weighted by Gasteiger charge is 2.31. The summed E-state index contributed by atoms with van der Waals surface area (Å²) in [6, 6.07) is 3.16. The molecule has 1 heterocycles. The molecule has 0 atom stereocenters. The van der Waals surface area contributed by atoms with Gasteiger partial charge in [-0.25, -0.2) is 0 Å². The summed E-state index contributed by atoms with van der Waals surface area (Å²) in [6.07, 6.45) is 3.69. The van der Waals surface area contributed by atoms with Gasteiger partial charge in [0.05, 0.1) is 5.60 Å². The quantitative estimate of drug-likeness (QED) is 0.751. The van der Waals surface area contributed by atoms with Crippen LogP contribution in [-0.4, -0.2) is 33.4 Å². The first-order valence-corrected chi connectivity index (χ1v) is 6.58. The molecule has 0 aromatic carbocycles. The molecule has 1 aliphatic carbocycles. The molecular weight excluding hydrogens is 244 g/mol. The summed E-state index contributed by atoms with van der Waals surface area (Å²) >= 11 is 0. The van der Waals surface area contributed by atoms with Crippen LogP contribution in [0.4, 0.5) is 5.82 Å². The maximum Gasteiger partial charge on any atom is 0.269 e. The second-order valence-corrected chi connectivity index (χ2v) is 5.43. The van der Waals surface area contributed by atoms with Gasteiger partial charge in [-0.05, 0) is 43.7 Å². The van der Waals surface area contributed by atoms with Crippen molar-refractivity contribution in [3.8, 4) is 0 Å². The van der Waals surface area contributed by atoms with Gasteiger partial charge in [0.2, 0.25) is 0 Å². The van der Waals surface area contributed by atoms with Gasteiger partial charge < -0.3 is 16.2 Å². The number of nitrogens with two attached hydrogens (primary N) is 1. The third-order valence-corrected chi connectivity index (χ3v) is 3.72. The summed E-state index contributed by atoms with van der Waals surface area (Å²) in [5.74, 6) is 0.630. The van der Waals surface area contributed by atoms with E-state index in [4.69, 9.17) is 5.73 Å². The van der Waals surface area contributed by atoms with E-state index in [-0.39, 0.29) is 5.69 Å². The Kier molecular flexibility index (Phi) is 3.99. The predicted octanol–water partition coefficient (Wildman–Crippen LogP) is 0.929. The minimum atomic E-state index is -0.670. The van der Waals surface area contributed by atoms with E-state index in [2.05, 4.69) is 22.4 Å². The van der Waals surface area contributed by atoms with Crippen molar-refractivity contribution in [2.45, 2.75) is 38.2 Å². The lowest BCUT2D eigenvalue weighted by Gasteiger charge is -2.35. The predicted molar refractivity (Wildman–Crippen MR) is 71.6 cm³/mol. The van der Waals surface area contributed by atoms with Crippen LogP contribution in [0, 0.1) is 5.92 Å². The van der Waals surface area contributed by atoms with E-state index in [9.17, 15) is 9.90 Å². The van der Waals surface area contributed by atoms with Gasteiger partial charge in [-0.2, -0.15) is 0 Å². The molecule has 1 aromatic rings. The summed E-state index contributed by atoms with van der Waals surface area (Å²) in [5.41, 5.74) is 4.55. The molecular formula is C13H20N4O2. The molecule has 0 spiro atoms. The number of carbonyl (C=O) groups is 1. The summed E-state index contributed by atoms with van der Waals surface area (Å²) in [5, 5.41) is 21.0. The fourth-order valence-corrected chi connectivity index (χ4v) is 2.29. The summed E-state index contributed by atoms with van der Waals surface area (Å²) in [6.45, 7) is 2.66. The molecule has 1 amide bonds. The van der Waals surface area contributed by atoms with Crippen LogP contribution in [0.1, 0.15) is 43.1 Å². The number of amides is 1. The van der Waals surface area contributed by atoms with Crippen LogP contribution in [0.2, 0.25) is 0 Å². The van der Waals surface area contributed by atoms with Crippen molar-refractivity contribution >= 4 is 11.7 Å². The normalized spacial score (nSPS) is 26.9. The third kappa shape index (κ3) is 3.64. The van der Waals surface area contributed by atoms with Gasteiger partial charge in [-0.1, -0.05) is 6.92 Å². The topological polar surface area (TPSA) is 101 Å². The zero-order chi connectivity index (χ0) is 13.9. The second-order valence-electron chi connectivity index (χ2n) is 5.43. The Balaban J connectivity index is 1.89. The van der Waals surface area contributed by atoms with E-state index in [1.807, 2.05) is 0 Å². The highest BCUT2D eigenvalue weighted by atomic mass is 16.3. The fourth-order valence-electron chi connectivity index (χ4n) is 2.29. The molecule has 1 saturated carbocycles. The number of hydrogen-bond donors (Lipinski definition) is 3. The van der Waals surface area contributed by atoms with Crippen LogP contribution in [0.5, 0.6) is 0 Å². The van der Waals surface area contributed by atoms with E-state index in [0.29, 0.717) is 18.3 Å². The van der Waals surface area contributed by atoms with E-state index in [1.165, 1.54) is 6.07 Å². The molecule has 6 heteroatoms. The molecule has 19 heavy (non-hydrogen) atoms. The minimum Gasteiger partial charge on any atom is -0.388 e. The number of nitrogens with one attached hydrogen (secondary N) is 1. The smallest absolute Gasteiger partial charge is 0.269 e. The number of hydrogen-bond acceptors (Lipinski definition) is 5. The molecule has 0 bridgehead atoms. The van der Waals surface area contributed by atoms with Crippen LogP contribution in [0.15, 0.2) is 12.1 Å². The molecule has 1 aliphatic rings. The van der Waals surface area contributed by atoms with Crippen molar-refractivity contribution in [2.24, 2.45) is 11.7 Å². The second kappa shape index (κ2) is 5.52. The van der Waals surface area contributed by atoms with Crippen LogP contribution in [0.3, 0.4) is 0 Å². The Morgan fingerprint density at radius 2 is 2.16 bits per heavy atom. The van der Waals surface area contributed by atoms with Gasteiger partial charge in [0, 0.05) is 6.54 Å². The summed E-state index contributed by atoms with van der Waals surface area (Å²) in [4.78, 5) is 10.9. The number of primary amides is 1. The molecule has 0 unspecified atom stereocenters. The number of aromatic nitrogens is 2. The number of nitrogens with zero attached hydrogens (tertiary/aromatic N) is 2. The van der Waals surface area contributed by atoms with E-state index < -0.39 is 11.5 Å². The first kappa shape index (κ1) is 13.7. The van der Waals surface area contributed by atoms with Gasteiger partial charge in [0.1, 0.15) is 5.82 Å².